The van der Waals surface area contributed by atoms with Crippen molar-refractivity contribution >= 4 is 43.4 Å². The van der Waals surface area contributed by atoms with E-state index in [1.807, 2.05) is 23.7 Å². The molecule has 3 N–H and O–H groups in total. The van der Waals surface area contributed by atoms with Gasteiger partial charge in [-0.15, -0.1) is 11.3 Å². The molecular formula is C16H19N5O3S2. The lowest BCUT2D eigenvalue weighted by atomic mass is 10.1. The zero-order valence-corrected chi connectivity index (χ0v) is 16.1. The summed E-state index contributed by atoms with van der Waals surface area (Å²) in [6.45, 7) is 3.54. The molecule has 0 aromatic carbocycles. The number of rotatable bonds is 6. The SMILES string of the molecule is CC(C)[C@@H](NS(C)(=O)=O)C(=O)Nc1nc(-c2c[nH]c3ncccc23)cs1. The Morgan fingerprint density at radius 2 is 2.12 bits per heavy atom. The van der Waals surface area contributed by atoms with Crippen molar-refractivity contribution in [1.82, 2.24) is 19.7 Å². The first-order chi connectivity index (χ1) is 12.2. The van der Waals surface area contributed by atoms with Crippen molar-refractivity contribution in [2.24, 2.45) is 5.92 Å². The Kier molecular flexibility index (Phi) is 5.08. The van der Waals surface area contributed by atoms with Crippen LogP contribution in [-0.2, 0) is 14.8 Å². The molecule has 0 unspecified atom stereocenters. The molecule has 0 aliphatic rings. The molecule has 1 amide bonds. The lowest BCUT2D eigenvalue weighted by Gasteiger charge is -2.19. The van der Waals surface area contributed by atoms with Crippen molar-refractivity contribution in [3.05, 3.63) is 29.9 Å². The first-order valence-electron chi connectivity index (χ1n) is 7.91. The Morgan fingerprint density at radius 1 is 1.35 bits per heavy atom. The van der Waals surface area contributed by atoms with Crippen LogP contribution in [0.2, 0.25) is 0 Å². The predicted octanol–water partition coefficient (Wildman–Crippen LogP) is 2.20. The zero-order valence-electron chi connectivity index (χ0n) is 14.5. The molecule has 0 fully saturated rings. The number of amides is 1. The lowest BCUT2D eigenvalue weighted by Crippen LogP contribution is -2.46. The summed E-state index contributed by atoms with van der Waals surface area (Å²) in [5.41, 5.74) is 2.36. The number of anilines is 1. The fraction of sp³-hybridized carbons (Fsp3) is 0.312. The van der Waals surface area contributed by atoms with Gasteiger partial charge in [-0.05, 0) is 18.1 Å². The summed E-state index contributed by atoms with van der Waals surface area (Å²) in [6, 6.07) is 2.92. The number of pyridine rings is 1. The van der Waals surface area contributed by atoms with E-state index in [1.165, 1.54) is 11.3 Å². The number of hydrogen-bond donors (Lipinski definition) is 3. The van der Waals surface area contributed by atoms with Gasteiger partial charge >= 0.3 is 0 Å². The highest BCUT2D eigenvalue weighted by Crippen LogP contribution is 2.30. The molecule has 1 atom stereocenters. The Labute approximate surface area is 155 Å². The fourth-order valence-corrected chi connectivity index (χ4v) is 4.08. The van der Waals surface area contributed by atoms with Crippen LogP contribution in [0.25, 0.3) is 22.3 Å². The van der Waals surface area contributed by atoms with Crippen LogP contribution in [0.5, 0.6) is 0 Å². The largest absolute Gasteiger partial charge is 0.345 e. The highest BCUT2D eigenvalue weighted by atomic mass is 32.2. The molecule has 0 radical (unpaired) electrons. The van der Waals surface area contributed by atoms with Crippen LogP contribution in [0.3, 0.4) is 0 Å². The maximum absolute atomic E-state index is 12.5. The van der Waals surface area contributed by atoms with E-state index in [4.69, 9.17) is 0 Å². The van der Waals surface area contributed by atoms with Gasteiger partial charge < -0.3 is 10.3 Å². The minimum Gasteiger partial charge on any atom is -0.345 e. The van der Waals surface area contributed by atoms with E-state index in [9.17, 15) is 13.2 Å². The Bertz CT molecular complexity index is 1040. The van der Waals surface area contributed by atoms with Crippen molar-refractivity contribution in [2.45, 2.75) is 19.9 Å². The number of hydrogen-bond acceptors (Lipinski definition) is 6. The van der Waals surface area contributed by atoms with Crippen LogP contribution >= 0.6 is 11.3 Å². The molecule has 3 aromatic rings. The smallest absolute Gasteiger partial charge is 0.244 e. The first kappa shape index (κ1) is 18.5. The van der Waals surface area contributed by atoms with Crippen molar-refractivity contribution in [3.8, 4) is 11.3 Å². The Balaban J connectivity index is 1.80. The molecule has 0 bridgehead atoms. The van der Waals surface area contributed by atoms with Gasteiger partial charge in [0.25, 0.3) is 0 Å². The molecule has 3 rings (SSSR count). The van der Waals surface area contributed by atoms with Crippen molar-refractivity contribution in [1.29, 1.82) is 0 Å². The topological polar surface area (TPSA) is 117 Å². The summed E-state index contributed by atoms with van der Waals surface area (Å²) in [7, 11) is -3.50. The van der Waals surface area contributed by atoms with E-state index in [1.54, 1.807) is 20.0 Å². The molecule has 0 aliphatic carbocycles. The van der Waals surface area contributed by atoms with Gasteiger partial charge in [0, 0.05) is 28.7 Å². The number of carbonyl (C=O) groups is 1. The number of nitrogens with one attached hydrogen (secondary N) is 3. The number of aromatic amines is 1. The molecule has 0 saturated carbocycles. The van der Waals surface area contributed by atoms with Crippen LogP contribution in [0.15, 0.2) is 29.9 Å². The lowest BCUT2D eigenvalue weighted by molar-refractivity contribution is -0.118. The van der Waals surface area contributed by atoms with Crippen molar-refractivity contribution < 1.29 is 13.2 Å². The summed E-state index contributed by atoms with van der Waals surface area (Å²) < 4.78 is 25.3. The van der Waals surface area contributed by atoms with E-state index in [-0.39, 0.29) is 5.92 Å². The summed E-state index contributed by atoms with van der Waals surface area (Å²) >= 11 is 1.28. The molecule has 3 aromatic heterocycles. The van der Waals surface area contributed by atoms with Gasteiger partial charge in [0.1, 0.15) is 11.7 Å². The number of fused-ring (bicyclic) bond motifs is 1. The van der Waals surface area contributed by atoms with Crippen LogP contribution in [0, 0.1) is 5.92 Å². The number of aromatic nitrogens is 3. The van der Waals surface area contributed by atoms with Crippen molar-refractivity contribution in [2.75, 3.05) is 11.6 Å². The molecule has 0 spiro atoms. The summed E-state index contributed by atoms with van der Waals surface area (Å²) in [5.74, 6) is -0.643. The van der Waals surface area contributed by atoms with Crippen LogP contribution in [0.1, 0.15) is 13.8 Å². The summed E-state index contributed by atoms with van der Waals surface area (Å²) in [5, 5.41) is 5.87. The van der Waals surface area contributed by atoms with E-state index in [0.717, 1.165) is 22.9 Å². The van der Waals surface area contributed by atoms with E-state index < -0.39 is 22.0 Å². The van der Waals surface area contributed by atoms with Crippen LogP contribution in [-0.4, -0.2) is 41.6 Å². The van der Waals surface area contributed by atoms with Gasteiger partial charge in [-0.2, -0.15) is 0 Å². The number of carbonyl (C=O) groups excluding carboxylic acids is 1. The molecule has 138 valence electrons. The van der Waals surface area contributed by atoms with Gasteiger partial charge in [0.15, 0.2) is 5.13 Å². The van der Waals surface area contributed by atoms with Gasteiger partial charge in [0.05, 0.1) is 11.9 Å². The average Bonchev–Trinajstić information content (AvgIpc) is 3.17. The third kappa shape index (κ3) is 4.09. The normalized spacial score (nSPS) is 13.2. The van der Waals surface area contributed by atoms with Gasteiger partial charge in [0.2, 0.25) is 15.9 Å². The molecule has 3 heterocycles. The average molecular weight is 393 g/mol. The van der Waals surface area contributed by atoms with Crippen LogP contribution < -0.4 is 10.0 Å². The number of sulfonamides is 1. The molecule has 0 saturated heterocycles. The quantitative estimate of drug-likeness (QED) is 0.593. The van der Waals surface area contributed by atoms with E-state index >= 15 is 0 Å². The van der Waals surface area contributed by atoms with Gasteiger partial charge in [-0.1, -0.05) is 13.8 Å². The third-order valence-corrected chi connectivity index (χ3v) is 5.19. The van der Waals surface area contributed by atoms with E-state index in [0.29, 0.717) is 10.8 Å². The highest BCUT2D eigenvalue weighted by Gasteiger charge is 2.26. The molecule has 0 aliphatic heterocycles. The Hall–Kier alpha value is -2.30. The number of H-pyrrole nitrogens is 1. The highest BCUT2D eigenvalue weighted by molar-refractivity contribution is 7.88. The van der Waals surface area contributed by atoms with E-state index in [2.05, 4.69) is 25.0 Å². The molecule has 26 heavy (non-hydrogen) atoms. The standard InChI is InChI=1S/C16H19N5O3S2/c1-9(2)13(21-26(3,23)24)15(22)20-16-19-12(8-25-16)11-7-18-14-10(11)5-4-6-17-14/h4-9,13,21H,1-3H3,(H,17,18)(H,19,20,22)/t13-/m1/s1. The summed E-state index contributed by atoms with van der Waals surface area (Å²) in [6.07, 6.45) is 4.55. The summed E-state index contributed by atoms with van der Waals surface area (Å²) in [4.78, 5) is 24.2. The minimum atomic E-state index is -3.50. The number of thiazole rings is 1. The zero-order chi connectivity index (χ0) is 18.9. The second-order valence-electron chi connectivity index (χ2n) is 6.24. The predicted molar refractivity (Wildman–Crippen MR) is 102 cm³/mol. The van der Waals surface area contributed by atoms with Crippen LogP contribution in [0.4, 0.5) is 5.13 Å². The fourth-order valence-electron chi connectivity index (χ4n) is 2.53. The van der Waals surface area contributed by atoms with Crippen molar-refractivity contribution in [3.63, 3.8) is 0 Å². The maximum atomic E-state index is 12.5. The molecule has 10 heteroatoms. The second-order valence-corrected chi connectivity index (χ2v) is 8.88. The second kappa shape index (κ2) is 7.14. The minimum absolute atomic E-state index is 0.205. The van der Waals surface area contributed by atoms with Gasteiger partial charge in [-0.25, -0.2) is 23.1 Å². The monoisotopic (exact) mass is 393 g/mol. The van der Waals surface area contributed by atoms with Gasteiger partial charge in [-0.3, -0.25) is 4.79 Å². The Morgan fingerprint density at radius 3 is 2.81 bits per heavy atom. The maximum Gasteiger partial charge on any atom is 0.244 e. The first-order valence-corrected chi connectivity index (χ1v) is 10.7. The third-order valence-electron chi connectivity index (χ3n) is 3.75. The molecule has 8 nitrogen and oxygen atoms in total. The number of nitrogens with zero attached hydrogens (tertiary/aromatic N) is 2. The molecular weight excluding hydrogens is 374 g/mol.